The van der Waals surface area contributed by atoms with Crippen molar-refractivity contribution >= 4 is 52.5 Å². The van der Waals surface area contributed by atoms with E-state index in [0.717, 1.165) is 24.9 Å². The molecule has 2 aromatic rings. The second-order valence-corrected chi connectivity index (χ2v) is 13.5. The zero-order valence-electron chi connectivity index (χ0n) is 24.4. The minimum absolute atomic E-state index is 0.0485. The molecule has 2 bridgehead atoms. The maximum atomic E-state index is 14.7. The molecule has 0 aromatic heterocycles. The number of carbonyl (C=O) groups excluding carboxylic acids is 3. The van der Waals surface area contributed by atoms with Crippen LogP contribution in [0.2, 0.25) is 5.02 Å². The standard InChI is InChI=1S/C34H40ClN3O4S/c1-3-20-36(24-14-8-7-9-15-24)31(40)28-27-18-19-34(43-27)29(28)32(41)38(22-12-5-6-13-23-39)30(34)33(42)37(21-4-2)26-17-11-10-16-25(26)35/h3-4,7-11,14-17,27-30,39H,1-2,5-6,12-13,18-23H2/t27-,28+,29+,30?,34?/m1/s1. The Hall–Kier alpha value is -3.07. The molecule has 0 radical (unpaired) electrons. The molecule has 5 rings (SSSR count). The number of fused-ring (bicyclic) bond motifs is 1. The maximum Gasteiger partial charge on any atom is 0.251 e. The number of amides is 3. The largest absolute Gasteiger partial charge is 0.396 e. The van der Waals surface area contributed by atoms with Gasteiger partial charge in [0.05, 0.1) is 27.3 Å². The number of likely N-dealkylation sites (tertiary alicyclic amines) is 1. The lowest BCUT2D eigenvalue weighted by molar-refractivity contribution is -0.139. The number of hydrogen-bond acceptors (Lipinski definition) is 5. The van der Waals surface area contributed by atoms with Crippen molar-refractivity contribution in [3.05, 3.63) is 84.9 Å². The summed E-state index contributed by atoms with van der Waals surface area (Å²) in [5.74, 6) is -1.52. The molecule has 3 heterocycles. The maximum absolute atomic E-state index is 14.7. The summed E-state index contributed by atoms with van der Waals surface area (Å²) < 4.78 is -0.707. The summed E-state index contributed by atoms with van der Waals surface area (Å²) in [7, 11) is 0. The second kappa shape index (κ2) is 13.7. The minimum Gasteiger partial charge on any atom is -0.396 e. The van der Waals surface area contributed by atoms with E-state index in [9.17, 15) is 19.5 Å². The fourth-order valence-corrected chi connectivity index (χ4v) is 9.64. The molecule has 2 aromatic carbocycles. The minimum atomic E-state index is -0.726. The first-order valence-corrected chi connectivity index (χ1v) is 16.4. The van der Waals surface area contributed by atoms with E-state index in [-0.39, 0.29) is 36.1 Å². The van der Waals surface area contributed by atoms with E-state index in [1.165, 1.54) is 0 Å². The molecule has 0 saturated carbocycles. The summed E-state index contributed by atoms with van der Waals surface area (Å²) in [5, 5.41) is 9.63. The topological polar surface area (TPSA) is 81.2 Å². The molecule has 3 fully saturated rings. The van der Waals surface area contributed by atoms with Crippen LogP contribution in [0.5, 0.6) is 0 Å². The van der Waals surface area contributed by atoms with Crippen molar-refractivity contribution in [3.8, 4) is 0 Å². The number of carbonyl (C=O) groups is 3. The smallest absolute Gasteiger partial charge is 0.251 e. The van der Waals surface area contributed by atoms with Gasteiger partial charge in [0.1, 0.15) is 6.04 Å². The highest BCUT2D eigenvalue weighted by Crippen LogP contribution is 2.67. The average molecular weight is 622 g/mol. The summed E-state index contributed by atoms with van der Waals surface area (Å²) in [6, 6.07) is 16.0. The Bertz CT molecular complexity index is 1360. The van der Waals surface area contributed by atoms with Gasteiger partial charge in [-0.2, -0.15) is 0 Å². The Kier molecular flexibility index (Phi) is 9.99. The summed E-state index contributed by atoms with van der Waals surface area (Å²) in [6.07, 6.45) is 7.94. The molecule has 3 saturated heterocycles. The molecule has 1 spiro atoms. The number of unbranched alkanes of at least 4 members (excludes halogenated alkanes) is 3. The van der Waals surface area contributed by atoms with E-state index in [0.29, 0.717) is 43.1 Å². The van der Waals surface area contributed by atoms with Gasteiger partial charge in [-0.1, -0.05) is 66.9 Å². The average Bonchev–Trinajstić information content (AvgIpc) is 3.66. The van der Waals surface area contributed by atoms with Crippen LogP contribution >= 0.6 is 23.4 Å². The van der Waals surface area contributed by atoms with Crippen LogP contribution in [0.1, 0.15) is 38.5 Å². The Morgan fingerprint density at radius 3 is 2.35 bits per heavy atom. The number of anilines is 2. The summed E-state index contributed by atoms with van der Waals surface area (Å²) in [5.41, 5.74) is 1.35. The van der Waals surface area contributed by atoms with E-state index in [1.54, 1.807) is 44.7 Å². The van der Waals surface area contributed by atoms with Gasteiger partial charge in [0, 0.05) is 37.2 Å². The highest BCUT2D eigenvalue weighted by atomic mass is 35.5. The number of nitrogens with zero attached hydrogens (tertiary/aromatic N) is 3. The van der Waals surface area contributed by atoms with Crippen LogP contribution in [0.15, 0.2) is 79.9 Å². The molecular weight excluding hydrogens is 582 g/mol. The summed E-state index contributed by atoms with van der Waals surface area (Å²) in [4.78, 5) is 48.7. The van der Waals surface area contributed by atoms with Crippen molar-refractivity contribution in [2.75, 3.05) is 36.0 Å². The van der Waals surface area contributed by atoms with Crippen LogP contribution in [0, 0.1) is 11.8 Å². The Labute approximate surface area is 263 Å². The predicted molar refractivity (Wildman–Crippen MR) is 174 cm³/mol. The number of thioether (sulfide) groups is 1. The molecule has 3 aliphatic rings. The van der Waals surface area contributed by atoms with E-state index in [2.05, 4.69) is 13.2 Å². The van der Waals surface area contributed by atoms with Crippen LogP contribution in [-0.2, 0) is 14.4 Å². The second-order valence-electron chi connectivity index (χ2n) is 11.5. The number of aliphatic hydroxyl groups is 1. The summed E-state index contributed by atoms with van der Waals surface area (Å²) in [6.45, 7) is 8.90. The van der Waals surface area contributed by atoms with E-state index in [4.69, 9.17) is 11.6 Å². The third-order valence-corrected chi connectivity index (χ3v) is 11.3. The number of para-hydroxylation sites is 2. The van der Waals surface area contributed by atoms with Gasteiger partial charge in [-0.3, -0.25) is 14.4 Å². The van der Waals surface area contributed by atoms with Gasteiger partial charge in [-0.15, -0.1) is 24.9 Å². The number of rotatable bonds is 14. The first-order chi connectivity index (χ1) is 20.9. The van der Waals surface area contributed by atoms with Crippen molar-refractivity contribution in [2.45, 2.75) is 54.6 Å². The molecule has 43 heavy (non-hydrogen) atoms. The quantitative estimate of drug-likeness (QED) is 0.216. The Morgan fingerprint density at radius 2 is 1.65 bits per heavy atom. The predicted octanol–water partition coefficient (Wildman–Crippen LogP) is 5.72. The van der Waals surface area contributed by atoms with Gasteiger partial charge in [-0.25, -0.2) is 0 Å². The molecule has 5 atom stereocenters. The van der Waals surface area contributed by atoms with Gasteiger partial charge in [0.15, 0.2) is 0 Å². The molecule has 2 unspecified atom stereocenters. The molecule has 9 heteroatoms. The SMILES string of the molecule is C=CCN(C(=O)[C@@H]1[C@H]2C(=O)N(CCCCCCO)C(C(=O)N(CC=C)c3ccccc3Cl)C23CC[C@H]1S3)c1ccccc1. The zero-order valence-corrected chi connectivity index (χ0v) is 26.0. The molecule has 3 amide bonds. The van der Waals surface area contributed by atoms with Gasteiger partial charge in [0.25, 0.3) is 5.91 Å². The Balaban J connectivity index is 1.53. The number of halogens is 1. The number of hydrogen-bond donors (Lipinski definition) is 1. The third kappa shape index (κ3) is 5.77. The molecular formula is C34H40ClN3O4S. The van der Waals surface area contributed by atoms with Gasteiger partial charge < -0.3 is 19.8 Å². The zero-order chi connectivity index (χ0) is 30.6. The fraction of sp³-hybridized carbons (Fsp3) is 0.441. The van der Waals surface area contributed by atoms with Crippen LogP contribution in [0.3, 0.4) is 0 Å². The van der Waals surface area contributed by atoms with Crippen LogP contribution in [0.25, 0.3) is 0 Å². The normalized spacial score (nSPS) is 25.4. The number of benzene rings is 2. The van der Waals surface area contributed by atoms with Crippen molar-refractivity contribution in [3.63, 3.8) is 0 Å². The van der Waals surface area contributed by atoms with E-state index < -0.39 is 22.6 Å². The molecule has 7 nitrogen and oxygen atoms in total. The van der Waals surface area contributed by atoms with Gasteiger partial charge >= 0.3 is 0 Å². The molecule has 3 aliphatic heterocycles. The van der Waals surface area contributed by atoms with Crippen molar-refractivity contribution in [2.24, 2.45) is 11.8 Å². The number of aliphatic hydroxyl groups excluding tert-OH is 1. The Morgan fingerprint density at radius 1 is 0.977 bits per heavy atom. The highest BCUT2D eigenvalue weighted by molar-refractivity contribution is 8.02. The molecule has 1 N–H and O–H groups in total. The fourth-order valence-electron chi connectivity index (χ4n) is 7.20. The van der Waals surface area contributed by atoms with Crippen molar-refractivity contribution in [1.29, 1.82) is 0 Å². The van der Waals surface area contributed by atoms with Crippen LogP contribution in [-0.4, -0.2) is 70.0 Å². The van der Waals surface area contributed by atoms with Crippen LogP contribution in [0.4, 0.5) is 11.4 Å². The lowest BCUT2D eigenvalue weighted by Crippen LogP contribution is -2.55. The van der Waals surface area contributed by atoms with Gasteiger partial charge in [-0.05, 0) is 49.9 Å². The first kappa shape index (κ1) is 31.4. The van der Waals surface area contributed by atoms with Crippen molar-refractivity contribution in [1.82, 2.24) is 4.90 Å². The summed E-state index contributed by atoms with van der Waals surface area (Å²) >= 11 is 8.25. The third-order valence-electron chi connectivity index (χ3n) is 8.99. The van der Waals surface area contributed by atoms with Gasteiger partial charge in [0.2, 0.25) is 11.8 Å². The lowest BCUT2D eigenvalue weighted by Gasteiger charge is -2.38. The molecule has 0 aliphatic carbocycles. The van der Waals surface area contributed by atoms with E-state index in [1.807, 2.05) is 48.5 Å². The van der Waals surface area contributed by atoms with E-state index >= 15 is 0 Å². The molecule has 228 valence electrons. The highest BCUT2D eigenvalue weighted by Gasteiger charge is 2.74. The first-order valence-electron chi connectivity index (χ1n) is 15.1. The van der Waals surface area contributed by atoms with Crippen LogP contribution < -0.4 is 9.80 Å². The van der Waals surface area contributed by atoms with Crippen molar-refractivity contribution < 1.29 is 19.5 Å². The lowest BCUT2D eigenvalue weighted by atomic mass is 9.70. The monoisotopic (exact) mass is 621 g/mol.